The van der Waals surface area contributed by atoms with E-state index in [9.17, 15) is 9.18 Å². The summed E-state index contributed by atoms with van der Waals surface area (Å²) in [6.07, 6.45) is 0. The highest BCUT2D eigenvalue weighted by molar-refractivity contribution is 5.98. The van der Waals surface area contributed by atoms with Crippen molar-refractivity contribution in [2.45, 2.75) is 13.5 Å². The molecule has 0 aromatic heterocycles. The number of fused-ring (bicyclic) bond motifs is 1. The highest BCUT2D eigenvalue weighted by Gasteiger charge is 2.27. The average molecular weight is 361 g/mol. The number of rotatable bonds is 3. The molecular weight excluding hydrogens is 341 g/mol. The highest BCUT2D eigenvalue weighted by atomic mass is 19.1. The van der Waals surface area contributed by atoms with Gasteiger partial charge >= 0.3 is 0 Å². The number of benzene rings is 3. The fraction of sp³-hybridized carbons (Fsp3) is 0.174. The van der Waals surface area contributed by atoms with Gasteiger partial charge in [-0.3, -0.25) is 4.79 Å². The summed E-state index contributed by atoms with van der Waals surface area (Å²) in [4.78, 5) is 14.8. The monoisotopic (exact) mass is 361 g/mol. The van der Waals surface area contributed by atoms with Crippen LogP contribution in [-0.2, 0) is 6.54 Å². The Kier molecular flexibility index (Phi) is 4.63. The fourth-order valence-corrected chi connectivity index (χ4v) is 3.30. The number of amides is 1. The largest absolute Gasteiger partial charge is 0.488 e. The number of aryl methyl sites for hydroxylation is 1. The molecule has 0 aliphatic carbocycles. The summed E-state index contributed by atoms with van der Waals surface area (Å²) < 4.78 is 20.3. The quantitative estimate of drug-likeness (QED) is 0.668. The maximum atomic E-state index is 14.7. The van der Waals surface area contributed by atoms with E-state index in [1.807, 2.05) is 61.5 Å². The first-order valence-corrected chi connectivity index (χ1v) is 8.98. The zero-order valence-corrected chi connectivity index (χ0v) is 15.1. The summed E-state index contributed by atoms with van der Waals surface area (Å²) in [6.45, 7) is 3.16. The molecule has 0 atom stereocenters. The van der Waals surface area contributed by atoms with Gasteiger partial charge in [0.1, 0.15) is 6.61 Å². The second-order valence-corrected chi connectivity index (χ2v) is 6.76. The van der Waals surface area contributed by atoms with Gasteiger partial charge in [-0.2, -0.15) is 0 Å². The van der Waals surface area contributed by atoms with Crippen molar-refractivity contribution in [2.75, 3.05) is 13.2 Å². The Morgan fingerprint density at radius 1 is 1.00 bits per heavy atom. The van der Waals surface area contributed by atoms with E-state index < -0.39 is 5.82 Å². The lowest BCUT2D eigenvalue weighted by Crippen LogP contribution is -2.31. The van der Waals surface area contributed by atoms with E-state index in [1.165, 1.54) is 6.07 Å². The normalized spacial score (nSPS) is 13.7. The standard InChI is InChI=1S/C23H20FNO2/c1-16-7-9-18(10-8-16)19-13-20-22(21(24)14-19)27-12-11-25(23(20)26)15-17-5-3-2-4-6-17/h2-10,13-14H,11-12,15H2,1H3. The number of hydrogen-bond acceptors (Lipinski definition) is 2. The lowest BCUT2D eigenvalue weighted by atomic mass is 10.0. The molecule has 136 valence electrons. The smallest absolute Gasteiger partial charge is 0.258 e. The van der Waals surface area contributed by atoms with E-state index in [1.54, 1.807) is 11.0 Å². The van der Waals surface area contributed by atoms with Crippen LogP contribution in [0.3, 0.4) is 0 Å². The molecule has 1 aliphatic rings. The summed E-state index contributed by atoms with van der Waals surface area (Å²) >= 11 is 0. The summed E-state index contributed by atoms with van der Waals surface area (Å²) in [6, 6.07) is 20.7. The van der Waals surface area contributed by atoms with Gasteiger partial charge in [0, 0.05) is 6.54 Å². The average Bonchev–Trinajstić information content (AvgIpc) is 2.83. The zero-order chi connectivity index (χ0) is 18.8. The number of carbonyl (C=O) groups excluding carboxylic acids is 1. The molecule has 0 fully saturated rings. The molecule has 3 nitrogen and oxygen atoms in total. The van der Waals surface area contributed by atoms with E-state index in [-0.39, 0.29) is 23.8 Å². The van der Waals surface area contributed by atoms with Crippen molar-refractivity contribution in [1.82, 2.24) is 4.90 Å². The SMILES string of the molecule is Cc1ccc(-c2cc(F)c3c(c2)C(=O)N(Cc2ccccc2)CCO3)cc1. The molecule has 0 N–H and O–H groups in total. The second kappa shape index (κ2) is 7.23. The van der Waals surface area contributed by atoms with Crippen molar-refractivity contribution in [3.05, 3.63) is 89.2 Å². The van der Waals surface area contributed by atoms with Crippen molar-refractivity contribution >= 4 is 5.91 Å². The van der Waals surface area contributed by atoms with Gasteiger partial charge in [0.2, 0.25) is 0 Å². The molecule has 1 aliphatic heterocycles. The molecule has 0 saturated heterocycles. The van der Waals surface area contributed by atoms with Crippen LogP contribution in [-0.4, -0.2) is 24.0 Å². The predicted molar refractivity (Wildman–Crippen MR) is 103 cm³/mol. The fourth-order valence-electron chi connectivity index (χ4n) is 3.30. The molecule has 0 bridgehead atoms. The van der Waals surface area contributed by atoms with Crippen LogP contribution < -0.4 is 4.74 Å². The lowest BCUT2D eigenvalue weighted by Gasteiger charge is -2.20. The first kappa shape index (κ1) is 17.3. The molecule has 27 heavy (non-hydrogen) atoms. The molecule has 1 amide bonds. The van der Waals surface area contributed by atoms with Gasteiger partial charge in [0.15, 0.2) is 11.6 Å². The molecule has 0 radical (unpaired) electrons. The Hall–Kier alpha value is -3.14. The maximum absolute atomic E-state index is 14.7. The first-order chi connectivity index (χ1) is 13.1. The van der Waals surface area contributed by atoms with Crippen LogP contribution >= 0.6 is 0 Å². The molecule has 0 saturated carbocycles. The lowest BCUT2D eigenvalue weighted by molar-refractivity contribution is 0.0743. The van der Waals surface area contributed by atoms with Crippen molar-refractivity contribution < 1.29 is 13.9 Å². The molecule has 1 heterocycles. The van der Waals surface area contributed by atoms with Crippen LogP contribution in [0.2, 0.25) is 0 Å². The third-order valence-corrected chi connectivity index (χ3v) is 4.77. The van der Waals surface area contributed by atoms with Crippen LogP contribution in [0.25, 0.3) is 11.1 Å². The Balaban J connectivity index is 1.71. The third-order valence-electron chi connectivity index (χ3n) is 4.77. The minimum absolute atomic E-state index is 0.0476. The first-order valence-electron chi connectivity index (χ1n) is 8.98. The van der Waals surface area contributed by atoms with Gasteiger partial charge < -0.3 is 9.64 Å². The number of ether oxygens (including phenoxy) is 1. The van der Waals surface area contributed by atoms with Gasteiger partial charge in [-0.15, -0.1) is 0 Å². The molecule has 3 aromatic carbocycles. The van der Waals surface area contributed by atoms with Gasteiger partial charge in [0.25, 0.3) is 5.91 Å². The zero-order valence-electron chi connectivity index (χ0n) is 15.1. The predicted octanol–water partition coefficient (Wildman–Crippen LogP) is 4.84. The van der Waals surface area contributed by atoms with Gasteiger partial charge in [-0.05, 0) is 35.7 Å². The third kappa shape index (κ3) is 3.56. The van der Waals surface area contributed by atoms with Crippen molar-refractivity contribution in [2.24, 2.45) is 0 Å². The molecule has 0 unspecified atom stereocenters. The van der Waals surface area contributed by atoms with E-state index in [4.69, 9.17) is 4.74 Å². The summed E-state index contributed by atoms with van der Waals surface area (Å²) in [5.74, 6) is -0.663. The van der Waals surface area contributed by atoms with Gasteiger partial charge in [0.05, 0.1) is 12.1 Å². The van der Waals surface area contributed by atoms with Crippen LogP contribution in [0.4, 0.5) is 4.39 Å². The number of nitrogens with zero attached hydrogens (tertiary/aromatic N) is 1. The number of halogens is 1. The van der Waals surface area contributed by atoms with Crippen LogP contribution in [0, 0.1) is 12.7 Å². The van der Waals surface area contributed by atoms with Crippen LogP contribution in [0.15, 0.2) is 66.7 Å². The Bertz CT molecular complexity index is 968. The van der Waals surface area contributed by atoms with Crippen molar-refractivity contribution in [3.63, 3.8) is 0 Å². The van der Waals surface area contributed by atoms with Gasteiger partial charge in [-0.25, -0.2) is 4.39 Å². The van der Waals surface area contributed by atoms with Crippen LogP contribution in [0.1, 0.15) is 21.5 Å². The van der Waals surface area contributed by atoms with E-state index in [0.717, 1.165) is 16.7 Å². The molecular formula is C23H20FNO2. The Morgan fingerprint density at radius 3 is 2.48 bits per heavy atom. The van der Waals surface area contributed by atoms with E-state index in [0.29, 0.717) is 18.7 Å². The minimum atomic E-state index is -0.502. The summed E-state index contributed by atoms with van der Waals surface area (Å²) in [5.41, 5.74) is 3.98. The topological polar surface area (TPSA) is 29.5 Å². The number of hydrogen-bond donors (Lipinski definition) is 0. The van der Waals surface area contributed by atoms with Gasteiger partial charge in [-0.1, -0.05) is 60.2 Å². The maximum Gasteiger partial charge on any atom is 0.258 e. The highest BCUT2D eigenvalue weighted by Crippen LogP contribution is 2.32. The molecule has 0 spiro atoms. The van der Waals surface area contributed by atoms with Crippen molar-refractivity contribution in [3.8, 4) is 16.9 Å². The summed E-state index contributed by atoms with van der Waals surface area (Å²) in [7, 11) is 0. The van der Waals surface area contributed by atoms with E-state index >= 15 is 0 Å². The second-order valence-electron chi connectivity index (χ2n) is 6.76. The molecule has 4 heteroatoms. The Morgan fingerprint density at radius 2 is 1.74 bits per heavy atom. The number of carbonyl (C=O) groups is 1. The molecule has 3 aromatic rings. The Labute approximate surface area is 158 Å². The van der Waals surface area contributed by atoms with E-state index in [2.05, 4.69) is 0 Å². The summed E-state index contributed by atoms with van der Waals surface area (Å²) in [5, 5.41) is 0. The molecule has 4 rings (SSSR count). The van der Waals surface area contributed by atoms with Crippen molar-refractivity contribution in [1.29, 1.82) is 0 Å². The van der Waals surface area contributed by atoms with Crippen LogP contribution in [0.5, 0.6) is 5.75 Å². The minimum Gasteiger partial charge on any atom is -0.488 e.